The second-order valence-electron chi connectivity index (χ2n) is 2.69. The summed E-state index contributed by atoms with van der Waals surface area (Å²) in [5.74, 6) is 0.688. The van der Waals surface area contributed by atoms with Gasteiger partial charge in [-0.05, 0) is 12.1 Å². The van der Waals surface area contributed by atoms with Crippen LogP contribution in [0.4, 0.5) is 0 Å². The van der Waals surface area contributed by atoms with Crippen LogP contribution in [-0.4, -0.2) is 14.5 Å². The maximum absolute atomic E-state index is 11.1. The second kappa shape index (κ2) is 3.78. The van der Waals surface area contributed by atoms with Crippen LogP contribution in [-0.2, 0) is 6.73 Å². The van der Waals surface area contributed by atoms with Crippen molar-refractivity contribution in [1.29, 1.82) is 0 Å². The normalized spacial score (nSPS) is 10.0. The van der Waals surface area contributed by atoms with Crippen molar-refractivity contribution in [3.8, 4) is 5.75 Å². The van der Waals surface area contributed by atoms with Gasteiger partial charge in [-0.25, -0.2) is 4.79 Å². The number of nitrogens with one attached hydrogen (secondary N) is 1. The van der Waals surface area contributed by atoms with Crippen molar-refractivity contribution in [3.63, 3.8) is 0 Å². The molecule has 2 rings (SSSR count). The lowest BCUT2D eigenvalue weighted by atomic mass is 10.5. The fourth-order valence-corrected chi connectivity index (χ4v) is 1.03. The van der Waals surface area contributed by atoms with E-state index in [-0.39, 0.29) is 12.4 Å². The van der Waals surface area contributed by atoms with Gasteiger partial charge in [0.05, 0.1) is 0 Å². The SMILES string of the molecule is O=c1[nH]ccn1COc1ccncc1. The summed E-state index contributed by atoms with van der Waals surface area (Å²) in [6.45, 7) is 0.201. The maximum atomic E-state index is 11.1. The quantitative estimate of drug-likeness (QED) is 0.773. The van der Waals surface area contributed by atoms with E-state index in [4.69, 9.17) is 4.74 Å². The van der Waals surface area contributed by atoms with Gasteiger partial charge in [-0.2, -0.15) is 0 Å². The third-order valence-corrected chi connectivity index (χ3v) is 1.74. The molecule has 5 heteroatoms. The maximum Gasteiger partial charge on any atom is 0.328 e. The molecule has 2 heterocycles. The third kappa shape index (κ3) is 1.82. The molecule has 0 aliphatic heterocycles. The number of aromatic amines is 1. The Hall–Kier alpha value is -2.04. The smallest absolute Gasteiger partial charge is 0.328 e. The molecule has 0 bridgehead atoms. The molecule has 0 atom stereocenters. The van der Waals surface area contributed by atoms with Crippen molar-refractivity contribution in [2.75, 3.05) is 0 Å². The number of aromatic nitrogens is 3. The van der Waals surface area contributed by atoms with Gasteiger partial charge in [0, 0.05) is 24.8 Å². The van der Waals surface area contributed by atoms with Gasteiger partial charge in [0.1, 0.15) is 5.75 Å². The molecule has 0 spiro atoms. The first-order chi connectivity index (χ1) is 6.86. The Labute approximate surface area is 80.0 Å². The summed E-state index contributed by atoms with van der Waals surface area (Å²) in [6, 6.07) is 3.47. The topological polar surface area (TPSA) is 59.9 Å². The first-order valence-corrected chi connectivity index (χ1v) is 4.13. The van der Waals surface area contributed by atoms with E-state index < -0.39 is 0 Å². The number of pyridine rings is 1. The third-order valence-electron chi connectivity index (χ3n) is 1.74. The molecule has 2 aromatic rings. The van der Waals surface area contributed by atoms with Gasteiger partial charge in [-0.3, -0.25) is 9.55 Å². The van der Waals surface area contributed by atoms with Crippen LogP contribution in [0.15, 0.2) is 41.7 Å². The Kier molecular flexibility index (Phi) is 2.31. The summed E-state index contributed by atoms with van der Waals surface area (Å²) in [7, 11) is 0. The van der Waals surface area contributed by atoms with Gasteiger partial charge in [-0.1, -0.05) is 0 Å². The lowest BCUT2D eigenvalue weighted by molar-refractivity contribution is 0.232. The molecule has 1 N–H and O–H groups in total. The minimum absolute atomic E-state index is 0.181. The van der Waals surface area contributed by atoms with Crippen molar-refractivity contribution >= 4 is 0 Å². The minimum Gasteiger partial charge on any atom is -0.473 e. The summed E-state index contributed by atoms with van der Waals surface area (Å²) >= 11 is 0. The monoisotopic (exact) mass is 191 g/mol. The average Bonchev–Trinajstić information content (AvgIpc) is 2.63. The van der Waals surface area contributed by atoms with Gasteiger partial charge < -0.3 is 9.72 Å². The summed E-state index contributed by atoms with van der Waals surface area (Å²) in [6.07, 6.45) is 6.46. The predicted molar refractivity (Wildman–Crippen MR) is 49.9 cm³/mol. The van der Waals surface area contributed by atoms with Crippen LogP contribution in [0.1, 0.15) is 0 Å². The lowest BCUT2D eigenvalue weighted by Gasteiger charge is -2.04. The average molecular weight is 191 g/mol. The summed E-state index contributed by atoms with van der Waals surface area (Å²) in [4.78, 5) is 17.4. The van der Waals surface area contributed by atoms with Gasteiger partial charge in [0.2, 0.25) is 0 Å². The zero-order valence-corrected chi connectivity index (χ0v) is 7.38. The minimum atomic E-state index is -0.181. The Balaban J connectivity index is 2.02. The second-order valence-corrected chi connectivity index (χ2v) is 2.69. The Morgan fingerprint density at radius 3 is 2.86 bits per heavy atom. The summed E-state index contributed by atoms with van der Waals surface area (Å²) < 4.78 is 6.77. The summed E-state index contributed by atoms with van der Waals surface area (Å²) in [5, 5.41) is 0. The molecular formula is C9H9N3O2. The molecule has 0 saturated heterocycles. The van der Waals surface area contributed by atoms with Gasteiger partial charge in [0.15, 0.2) is 6.73 Å². The number of rotatable bonds is 3. The Bertz CT molecular complexity index is 446. The van der Waals surface area contributed by atoms with Crippen LogP contribution in [0.5, 0.6) is 5.75 Å². The molecule has 72 valence electrons. The van der Waals surface area contributed by atoms with Crippen LogP contribution in [0.2, 0.25) is 0 Å². The molecule has 0 radical (unpaired) electrons. The molecule has 0 aliphatic rings. The fourth-order valence-electron chi connectivity index (χ4n) is 1.03. The molecule has 14 heavy (non-hydrogen) atoms. The van der Waals surface area contributed by atoms with E-state index in [1.54, 1.807) is 36.9 Å². The molecule has 0 fully saturated rings. The molecule has 0 aliphatic carbocycles. The first-order valence-electron chi connectivity index (χ1n) is 4.13. The van der Waals surface area contributed by atoms with E-state index in [1.165, 1.54) is 4.57 Å². The van der Waals surface area contributed by atoms with E-state index in [0.29, 0.717) is 5.75 Å². The molecule has 0 unspecified atom stereocenters. The number of H-pyrrole nitrogens is 1. The van der Waals surface area contributed by atoms with E-state index >= 15 is 0 Å². The molecule has 5 nitrogen and oxygen atoms in total. The zero-order valence-electron chi connectivity index (χ0n) is 7.38. The summed E-state index contributed by atoms with van der Waals surface area (Å²) in [5.41, 5.74) is -0.181. The Morgan fingerprint density at radius 2 is 2.21 bits per heavy atom. The lowest BCUT2D eigenvalue weighted by Crippen LogP contribution is -2.19. The van der Waals surface area contributed by atoms with Gasteiger partial charge in [-0.15, -0.1) is 0 Å². The number of nitrogens with zero attached hydrogens (tertiary/aromatic N) is 2. The van der Waals surface area contributed by atoms with E-state index in [0.717, 1.165) is 0 Å². The number of ether oxygens (including phenoxy) is 1. The van der Waals surface area contributed by atoms with Gasteiger partial charge >= 0.3 is 5.69 Å². The van der Waals surface area contributed by atoms with E-state index in [2.05, 4.69) is 9.97 Å². The van der Waals surface area contributed by atoms with Crippen LogP contribution in [0.3, 0.4) is 0 Å². The fraction of sp³-hybridized carbons (Fsp3) is 0.111. The number of hydrogen-bond donors (Lipinski definition) is 1. The number of hydrogen-bond acceptors (Lipinski definition) is 3. The molecular weight excluding hydrogens is 182 g/mol. The number of imidazole rings is 1. The van der Waals surface area contributed by atoms with Crippen LogP contribution in [0.25, 0.3) is 0 Å². The zero-order chi connectivity index (χ0) is 9.80. The highest BCUT2D eigenvalue weighted by Crippen LogP contribution is 2.06. The van der Waals surface area contributed by atoms with Crippen LogP contribution >= 0.6 is 0 Å². The molecule has 0 amide bonds. The molecule has 2 aromatic heterocycles. The predicted octanol–water partition coefficient (Wildman–Crippen LogP) is 0.608. The Morgan fingerprint density at radius 1 is 1.43 bits per heavy atom. The van der Waals surface area contributed by atoms with Gasteiger partial charge in [0.25, 0.3) is 0 Å². The van der Waals surface area contributed by atoms with E-state index in [1.807, 2.05) is 0 Å². The molecule has 0 saturated carbocycles. The first kappa shape index (κ1) is 8.55. The van der Waals surface area contributed by atoms with Crippen molar-refractivity contribution < 1.29 is 4.74 Å². The van der Waals surface area contributed by atoms with Crippen molar-refractivity contribution in [1.82, 2.24) is 14.5 Å². The highest BCUT2D eigenvalue weighted by Gasteiger charge is 1.96. The van der Waals surface area contributed by atoms with Crippen LogP contribution in [0, 0.1) is 0 Å². The highest BCUT2D eigenvalue weighted by molar-refractivity contribution is 5.16. The van der Waals surface area contributed by atoms with Crippen molar-refractivity contribution in [2.45, 2.75) is 6.73 Å². The largest absolute Gasteiger partial charge is 0.473 e. The van der Waals surface area contributed by atoms with Crippen molar-refractivity contribution in [3.05, 3.63) is 47.4 Å². The van der Waals surface area contributed by atoms with Crippen molar-refractivity contribution in [2.24, 2.45) is 0 Å². The van der Waals surface area contributed by atoms with Crippen LogP contribution < -0.4 is 10.4 Å². The standard InChI is InChI=1S/C9H9N3O2/c13-9-11-5-6-12(9)7-14-8-1-3-10-4-2-8/h1-6H,7H2,(H,11,13). The van der Waals surface area contributed by atoms with E-state index in [9.17, 15) is 4.79 Å². The highest BCUT2D eigenvalue weighted by atomic mass is 16.5. The molecule has 0 aromatic carbocycles.